The highest BCUT2D eigenvalue weighted by atomic mass is 16.4. The van der Waals surface area contributed by atoms with Gasteiger partial charge in [0.2, 0.25) is 5.91 Å². The zero-order valence-corrected chi connectivity index (χ0v) is 12.7. The number of aliphatic carboxylic acids is 1. The third-order valence-corrected chi connectivity index (χ3v) is 4.31. The van der Waals surface area contributed by atoms with E-state index < -0.39 is 12.0 Å². The van der Waals surface area contributed by atoms with Crippen LogP contribution in [0.1, 0.15) is 52.4 Å². The number of nitrogens with zero attached hydrogens (tertiary/aromatic N) is 1. The Bertz CT molecular complexity index is 327. The summed E-state index contributed by atoms with van der Waals surface area (Å²) >= 11 is 0. The first kappa shape index (κ1) is 17.0. The Balaban J connectivity index is 2.51. The number of nitrogens with two attached hydrogens (primary N) is 1. The number of carbonyl (C=O) groups excluding carboxylic acids is 1. The maximum absolute atomic E-state index is 12.3. The van der Waals surface area contributed by atoms with E-state index in [0.29, 0.717) is 25.4 Å². The Labute approximate surface area is 121 Å². The van der Waals surface area contributed by atoms with Gasteiger partial charge < -0.3 is 15.7 Å². The van der Waals surface area contributed by atoms with Gasteiger partial charge in [-0.15, -0.1) is 0 Å². The maximum atomic E-state index is 12.3. The van der Waals surface area contributed by atoms with E-state index >= 15 is 0 Å². The number of carbonyl (C=O) groups is 2. The Morgan fingerprint density at radius 3 is 2.60 bits per heavy atom. The minimum absolute atomic E-state index is 0.0140. The van der Waals surface area contributed by atoms with Crippen LogP contribution in [0.3, 0.4) is 0 Å². The molecule has 1 heterocycles. The van der Waals surface area contributed by atoms with E-state index in [2.05, 4.69) is 6.92 Å². The molecule has 3 N–H and O–H groups in total. The summed E-state index contributed by atoms with van der Waals surface area (Å²) in [6.45, 7) is 5.26. The summed E-state index contributed by atoms with van der Waals surface area (Å²) in [5.41, 5.74) is 5.60. The van der Waals surface area contributed by atoms with Crippen LogP contribution in [0.2, 0.25) is 0 Å². The molecule has 0 radical (unpaired) electrons. The fourth-order valence-corrected chi connectivity index (χ4v) is 3.15. The van der Waals surface area contributed by atoms with Crippen LogP contribution in [0, 0.1) is 11.8 Å². The standard InChI is InChI=1S/C15H28N2O3/c1-3-4-12(7-9-16)5-6-13(18)17-10-8-11(2)14(17)15(19)20/h11-12,14H,3-10,16H2,1-2H3,(H,19,20). The molecule has 5 nitrogen and oxygen atoms in total. The summed E-state index contributed by atoms with van der Waals surface area (Å²) < 4.78 is 0. The molecule has 3 atom stereocenters. The smallest absolute Gasteiger partial charge is 0.326 e. The van der Waals surface area contributed by atoms with Crippen molar-refractivity contribution in [2.45, 2.75) is 58.4 Å². The third-order valence-electron chi connectivity index (χ3n) is 4.31. The molecule has 1 saturated heterocycles. The summed E-state index contributed by atoms with van der Waals surface area (Å²) in [5.74, 6) is -0.362. The van der Waals surface area contributed by atoms with Gasteiger partial charge in [-0.25, -0.2) is 4.79 Å². The molecule has 20 heavy (non-hydrogen) atoms. The first-order valence-electron chi connectivity index (χ1n) is 7.73. The minimum atomic E-state index is -0.879. The van der Waals surface area contributed by atoms with Crippen molar-refractivity contribution in [3.8, 4) is 0 Å². The van der Waals surface area contributed by atoms with Crippen molar-refractivity contribution in [2.75, 3.05) is 13.1 Å². The molecule has 1 amide bonds. The van der Waals surface area contributed by atoms with Gasteiger partial charge in [0.15, 0.2) is 0 Å². The molecule has 0 aromatic carbocycles. The molecule has 0 aliphatic carbocycles. The summed E-state index contributed by atoms with van der Waals surface area (Å²) in [5, 5.41) is 9.24. The molecule has 1 aliphatic heterocycles. The van der Waals surface area contributed by atoms with E-state index in [4.69, 9.17) is 5.73 Å². The molecule has 0 saturated carbocycles. The average Bonchev–Trinajstić information content (AvgIpc) is 2.78. The van der Waals surface area contributed by atoms with Crippen molar-refractivity contribution in [1.82, 2.24) is 4.90 Å². The average molecular weight is 284 g/mol. The molecule has 0 bridgehead atoms. The zero-order chi connectivity index (χ0) is 15.1. The largest absolute Gasteiger partial charge is 0.480 e. The molecule has 5 heteroatoms. The SMILES string of the molecule is CCCC(CCN)CCC(=O)N1CCC(C)C1C(=O)O. The zero-order valence-electron chi connectivity index (χ0n) is 12.7. The lowest BCUT2D eigenvalue weighted by Gasteiger charge is -2.24. The van der Waals surface area contributed by atoms with Crippen LogP contribution in [0.5, 0.6) is 0 Å². The molecule has 0 spiro atoms. The van der Waals surface area contributed by atoms with E-state index in [-0.39, 0.29) is 11.8 Å². The van der Waals surface area contributed by atoms with Crippen molar-refractivity contribution >= 4 is 11.9 Å². The maximum Gasteiger partial charge on any atom is 0.326 e. The van der Waals surface area contributed by atoms with Gasteiger partial charge in [0.25, 0.3) is 0 Å². The molecular formula is C15H28N2O3. The van der Waals surface area contributed by atoms with Crippen LogP contribution in [0.25, 0.3) is 0 Å². The van der Waals surface area contributed by atoms with E-state index in [1.54, 1.807) is 4.90 Å². The second kappa shape index (κ2) is 8.25. The van der Waals surface area contributed by atoms with E-state index in [9.17, 15) is 14.7 Å². The Morgan fingerprint density at radius 2 is 2.05 bits per heavy atom. The van der Waals surface area contributed by atoms with Crippen LogP contribution < -0.4 is 5.73 Å². The van der Waals surface area contributed by atoms with Gasteiger partial charge in [-0.2, -0.15) is 0 Å². The second-order valence-electron chi connectivity index (χ2n) is 5.91. The van der Waals surface area contributed by atoms with E-state index in [1.807, 2.05) is 6.92 Å². The highest BCUT2D eigenvalue weighted by Gasteiger charge is 2.39. The summed E-state index contributed by atoms with van der Waals surface area (Å²) in [4.78, 5) is 25.1. The number of rotatable bonds is 8. The molecule has 3 unspecified atom stereocenters. The number of likely N-dealkylation sites (tertiary alicyclic amines) is 1. The van der Waals surface area contributed by atoms with Crippen molar-refractivity contribution in [1.29, 1.82) is 0 Å². The van der Waals surface area contributed by atoms with Crippen LogP contribution >= 0.6 is 0 Å². The lowest BCUT2D eigenvalue weighted by atomic mass is 9.94. The van der Waals surface area contributed by atoms with Crippen LogP contribution in [-0.2, 0) is 9.59 Å². The highest BCUT2D eigenvalue weighted by Crippen LogP contribution is 2.26. The number of hydrogen-bond donors (Lipinski definition) is 2. The summed E-state index contributed by atoms with van der Waals surface area (Å²) in [6.07, 6.45) is 5.17. The van der Waals surface area contributed by atoms with Gasteiger partial charge in [-0.05, 0) is 37.6 Å². The van der Waals surface area contributed by atoms with Crippen molar-refractivity contribution in [3.05, 3.63) is 0 Å². The van der Waals surface area contributed by atoms with Crippen molar-refractivity contribution in [3.63, 3.8) is 0 Å². The molecule has 0 aromatic rings. The Kier molecular flexibility index (Phi) is 6.99. The molecule has 1 fully saturated rings. The van der Waals surface area contributed by atoms with Crippen LogP contribution in [0.4, 0.5) is 0 Å². The number of carboxylic acid groups (broad SMARTS) is 1. The van der Waals surface area contributed by atoms with Crippen LogP contribution in [-0.4, -0.2) is 41.0 Å². The Morgan fingerprint density at radius 1 is 1.35 bits per heavy atom. The molecule has 1 aliphatic rings. The molecule has 116 valence electrons. The summed E-state index contributed by atoms with van der Waals surface area (Å²) in [7, 11) is 0. The third kappa shape index (κ3) is 4.47. The van der Waals surface area contributed by atoms with Gasteiger partial charge >= 0.3 is 5.97 Å². The lowest BCUT2D eigenvalue weighted by molar-refractivity contribution is -0.149. The number of hydrogen-bond acceptors (Lipinski definition) is 3. The lowest BCUT2D eigenvalue weighted by Crippen LogP contribution is -2.42. The molecule has 1 rings (SSSR count). The van der Waals surface area contributed by atoms with Gasteiger partial charge in [0, 0.05) is 13.0 Å². The first-order chi connectivity index (χ1) is 9.51. The van der Waals surface area contributed by atoms with E-state index in [0.717, 1.165) is 32.1 Å². The fraction of sp³-hybridized carbons (Fsp3) is 0.867. The number of carboxylic acids is 1. The number of amides is 1. The predicted octanol–water partition coefficient (Wildman–Crippen LogP) is 1.85. The topological polar surface area (TPSA) is 83.6 Å². The van der Waals surface area contributed by atoms with Gasteiger partial charge in [-0.3, -0.25) is 4.79 Å². The normalized spacial score (nSPS) is 23.9. The van der Waals surface area contributed by atoms with Gasteiger partial charge in [0.1, 0.15) is 6.04 Å². The molecular weight excluding hydrogens is 256 g/mol. The predicted molar refractivity (Wildman–Crippen MR) is 78.2 cm³/mol. The minimum Gasteiger partial charge on any atom is -0.480 e. The molecule has 0 aromatic heterocycles. The van der Waals surface area contributed by atoms with Crippen LogP contribution in [0.15, 0.2) is 0 Å². The fourth-order valence-electron chi connectivity index (χ4n) is 3.15. The van der Waals surface area contributed by atoms with Crippen molar-refractivity contribution < 1.29 is 14.7 Å². The quantitative estimate of drug-likeness (QED) is 0.712. The second-order valence-corrected chi connectivity index (χ2v) is 5.91. The van der Waals surface area contributed by atoms with E-state index in [1.165, 1.54) is 0 Å². The highest BCUT2D eigenvalue weighted by molar-refractivity contribution is 5.84. The van der Waals surface area contributed by atoms with Gasteiger partial charge in [0.05, 0.1) is 0 Å². The Hall–Kier alpha value is -1.10. The monoisotopic (exact) mass is 284 g/mol. The summed E-state index contributed by atoms with van der Waals surface area (Å²) in [6, 6.07) is -0.637. The van der Waals surface area contributed by atoms with Gasteiger partial charge in [-0.1, -0.05) is 26.7 Å². The van der Waals surface area contributed by atoms with Crippen molar-refractivity contribution in [2.24, 2.45) is 17.6 Å². The first-order valence-corrected chi connectivity index (χ1v) is 7.73.